The summed E-state index contributed by atoms with van der Waals surface area (Å²) in [4.78, 5) is 12.4. The second-order valence-corrected chi connectivity index (χ2v) is 5.52. The highest BCUT2D eigenvalue weighted by Crippen LogP contribution is 2.35. The fraction of sp³-hybridized carbons (Fsp3) is 0.278. The van der Waals surface area contributed by atoms with Crippen molar-refractivity contribution >= 4 is 11.6 Å². The lowest BCUT2D eigenvalue weighted by molar-refractivity contribution is -0.137. The molecule has 0 radical (unpaired) electrons. The summed E-state index contributed by atoms with van der Waals surface area (Å²) in [6.45, 7) is 2.05. The third-order valence-electron chi connectivity index (χ3n) is 3.50. The van der Waals surface area contributed by atoms with E-state index in [4.69, 9.17) is 9.47 Å². The van der Waals surface area contributed by atoms with Crippen molar-refractivity contribution in [3.63, 3.8) is 0 Å². The van der Waals surface area contributed by atoms with Gasteiger partial charge in [0, 0.05) is 7.11 Å². The Morgan fingerprint density at radius 3 is 2.54 bits per heavy atom. The monoisotopic (exact) mass is 369 g/mol. The normalized spacial score (nSPS) is 11.3. The molecule has 26 heavy (non-hydrogen) atoms. The van der Waals surface area contributed by atoms with Gasteiger partial charge in [0.1, 0.15) is 18.1 Å². The molecule has 0 unspecified atom stereocenters. The minimum Gasteiger partial charge on any atom is -0.507 e. The van der Waals surface area contributed by atoms with Crippen LogP contribution in [0.25, 0.3) is 0 Å². The highest BCUT2D eigenvalue weighted by atomic mass is 19.4. The van der Waals surface area contributed by atoms with Crippen LogP contribution in [0.4, 0.5) is 18.9 Å². The van der Waals surface area contributed by atoms with Gasteiger partial charge in [-0.3, -0.25) is 4.79 Å². The summed E-state index contributed by atoms with van der Waals surface area (Å²) in [5.74, 6) is -0.959. The maximum atomic E-state index is 13.0. The summed E-state index contributed by atoms with van der Waals surface area (Å²) in [5.41, 5.74) is -0.416. The second-order valence-electron chi connectivity index (χ2n) is 5.52. The van der Waals surface area contributed by atoms with Gasteiger partial charge in [0.25, 0.3) is 5.91 Å². The van der Waals surface area contributed by atoms with Gasteiger partial charge in [-0.1, -0.05) is 11.6 Å². The number of hydrogen-bond donors (Lipinski definition) is 2. The number of alkyl halides is 3. The molecule has 0 aliphatic carbocycles. The number of carbonyl (C=O) groups is 1. The van der Waals surface area contributed by atoms with Crippen molar-refractivity contribution in [3.05, 3.63) is 53.1 Å². The van der Waals surface area contributed by atoms with E-state index >= 15 is 0 Å². The second kappa shape index (κ2) is 8.09. The van der Waals surface area contributed by atoms with Gasteiger partial charge in [-0.2, -0.15) is 13.2 Å². The number of carbonyl (C=O) groups excluding carboxylic acids is 1. The predicted molar refractivity (Wildman–Crippen MR) is 89.6 cm³/mol. The zero-order chi connectivity index (χ0) is 19.3. The van der Waals surface area contributed by atoms with Crippen LogP contribution in [0.15, 0.2) is 36.4 Å². The van der Waals surface area contributed by atoms with E-state index in [-0.39, 0.29) is 36.0 Å². The van der Waals surface area contributed by atoms with Gasteiger partial charge in [0.2, 0.25) is 0 Å². The molecule has 8 heteroatoms. The summed E-state index contributed by atoms with van der Waals surface area (Å²) in [6, 6.07) is 7.16. The Balaban J connectivity index is 2.34. The zero-order valence-corrected chi connectivity index (χ0v) is 14.2. The summed E-state index contributed by atoms with van der Waals surface area (Å²) < 4.78 is 49.1. The number of aromatic hydroxyl groups is 1. The molecule has 0 aliphatic heterocycles. The molecule has 1 amide bonds. The van der Waals surface area contributed by atoms with E-state index in [9.17, 15) is 23.1 Å². The van der Waals surface area contributed by atoms with Crippen LogP contribution in [-0.2, 0) is 10.9 Å². The number of nitrogens with one attached hydrogen (secondary N) is 1. The Morgan fingerprint density at radius 2 is 1.88 bits per heavy atom. The molecule has 0 fully saturated rings. The molecule has 0 bridgehead atoms. The molecule has 2 aromatic carbocycles. The average molecular weight is 369 g/mol. The standard InChI is InChI=1S/C18H18F3NO4/c1-11-3-5-15(23)13(9-11)17(24)22-14-10-12(18(19,20)21)4-6-16(14)26-8-7-25-2/h3-6,9-10,23H,7-8H2,1-2H3,(H,22,24). The summed E-state index contributed by atoms with van der Waals surface area (Å²) in [6.07, 6.45) is -4.57. The molecule has 140 valence electrons. The van der Waals surface area contributed by atoms with Gasteiger partial charge in [-0.05, 0) is 37.3 Å². The van der Waals surface area contributed by atoms with Crippen molar-refractivity contribution in [3.8, 4) is 11.5 Å². The van der Waals surface area contributed by atoms with E-state index in [0.29, 0.717) is 5.56 Å². The average Bonchev–Trinajstić information content (AvgIpc) is 2.57. The first-order valence-electron chi connectivity index (χ1n) is 7.66. The molecule has 2 aromatic rings. The van der Waals surface area contributed by atoms with Crippen LogP contribution in [0.1, 0.15) is 21.5 Å². The van der Waals surface area contributed by atoms with E-state index < -0.39 is 17.6 Å². The number of hydrogen-bond acceptors (Lipinski definition) is 4. The number of aryl methyl sites for hydroxylation is 1. The van der Waals surface area contributed by atoms with Crippen LogP contribution in [-0.4, -0.2) is 31.3 Å². The van der Waals surface area contributed by atoms with Gasteiger partial charge in [-0.15, -0.1) is 0 Å². The lowest BCUT2D eigenvalue weighted by atomic mass is 10.1. The Hall–Kier alpha value is -2.74. The molecule has 0 aliphatic rings. The minimum atomic E-state index is -4.57. The number of phenols is 1. The Kier molecular flexibility index (Phi) is 6.10. The zero-order valence-electron chi connectivity index (χ0n) is 14.2. The van der Waals surface area contributed by atoms with Crippen LogP contribution in [0.5, 0.6) is 11.5 Å². The van der Waals surface area contributed by atoms with Gasteiger partial charge in [-0.25, -0.2) is 0 Å². The first-order valence-corrected chi connectivity index (χ1v) is 7.66. The molecule has 0 saturated heterocycles. The third kappa shape index (κ3) is 4.89. The van der Waals surface area contributed by atoms with E-state index in [1.54, 1.807) is 13.0 Å². The summed E-state index contributed by atoms with van der Waals surface area (Å²) >= 11 is 0. The van der Waals surface area contributed by atoms with Crippen LogP contribution in [0, 0.1) is 6.92 Å². The van der Waals surface area contributed by atoms with Crippen molar-refractivity contribution in [2.75, 3.05) is 25.6 Å². The number of rotatable bonds is 6. The van der Waals surface area contributed by atoms with E-state index in [1.807, 2.05) is 0 Å². The topological polar surface area (TPSA) is 67.8 Å². The van der Waals surface area contributed by atoms with Crippen molar-refractivity contribution in [1.82, 2.24) is 0 Å². The van der Waals surface area contributed by atoms with Crippen molar-refractivity contribution in [1.29, 1.82) is 0 Å². The number of halogens is 3. The molecule has 0 atom stereocenters. The van der Waals surface area contributed by atoms with E-state index in [0.717, 1.165) is 18.2 Å². The molecule has 2 rings (SSSR count). The fourth-order valence-corrected chi connectivity index (χ4v) is 2.19. The molecule has 5 nitrogen and oxygen atoms in total. The third-order valence-corrected chi connectivity index (χ3v) is 3.50. The van der Waals surface area contributed by atoms with Crippen molar-refractivity contribution < 1.29 is 32.5 Å². The largest absolute Gasteiger partial charge is 0.507 e. The predicted octanol–water partition coefficient (Wildman–Crippen LogP) is 4.00. The Labute approximate surface area is 148 Å². The number of ether oxygens (including phenoxy) is 2. The number of anilines is 1. The minimum absolute atomic E-state index is 0.0507. The van der Waals surface area contributed by atoms with Crippen LogP contribution < -0.4 is 10.1 Å². The SMILES string of the molecule is COCCOc1ccc(C(F)(F)F)cc1NC(=O)c1cc(C)ccc1O. The summed E-state index contributed by atoms with van der Waals surface area (Å²) in [5, 5.41) is 12.2. The van der Waals surface area contributed by atoms with E-state index in [2.05, 4.69) is 5.32 Å². The first-order chi connectivity index (χ1) is 12.2. The number of methoxy groups -OCH3 is 1. The molecular weight excluding hydrogens is 351 g/mol. The lowest BCUT2D eigenvalue weighted by Crippen LogP contribution is -2.15. The smallest absolute Gasteiger partial charge is 0.416 e. The number of benzene rings is 2. The highest BCUT2D eigenvalue weighted by Gasteiger charge is 2.31. The van der Waals surface area contributed by atoms with Crippen LogP contribution in [0.2, 0.25) is 0 Å². The van der Waals surface area contributed by atoms with Gasteiger partial charge in [0.15, 0.2) is 0 Å². The molecule has 2 N–H and O–H groups in total. The fourth-order valence-electron chi connectivity index (χ4n) is 2.19. The van der Waals surface area contributed by atoms with Gasteiger partial charge < -0.3 is 19.9 Å². The maximum absolute atomic E-state index is 13.0. The molecule has 0 saturated carbocycles. The quantitative estimate of drug-likeness (QED) is 0.756. The van der Waals surface area contributed by atoms with Crippen LogP contribution in [0.3, 0.4) is 0 Å². The molecule has 0 spiro atoms. The van der Waals surface area contributed by atoms with E-state index in [1.165, 1.54) is 19.2 Å². The lowest BCUT2D eigenvalue weighted by Gasteiger charge is -2.15. The van der Waals surface area contributed by atoms with Gasteiger partial charge in [0.05, 0.1) is 23.4 Å². The maximum Gasteiger partial charge on any atom is 0.416 e. The molecule has 0 heterocycles. The number of phenolic OH excluding ortho intramolecular Hbond substituents is 1. The Morgan fingerprint density at radius 1 is 1.15 bits per heavy atom. The number of amides is 1. The van der Waals surface area contributed by atoms with Gasteiger partial charge >= 0.3 is 6.18 Å². The first kappa shape index (κ1) is 19.6. The Bertz CT molecular complexity index is 790. The molecule has 0 aromatic heterocycles. The van der Waals surface area contributed by atoms with Crippen LogP contribution >= 0.6 is 0 Å². The van der Waals surface area contributed by atoms with Crippen molar-refractivity contribution in [2.24, 2.45) is 0 Å². The molecular formula is C18H18F3NO4. The summed E-state index contributed by atoms with van der Waals surface area (Å²) in [7, 11) is 1.46. The highest BCUT2D eigenvalue weighted by molar-refractivity contribution is 6.07. The van der Waals surface area contributed by atoms with Crippen molar-refractivity contribution in [2.45, 2.75) is 13.1 Å².